The Balaban J connectivity index is 2.20. The molecule has 1 heterocycles. The second-order valence-corrected chi connectivity index (χ2v) is 4.84. The van der Waals surface area contributed by atoms with Gasteiger partial charge >= 0.3 is 0 Å². The zero-order valence-electron chi connectivity index (χ0n) is 9.29. The maximum Gasteiger partial charge on any atom is 0.134 e. The summed E-state index contributed by atoms with van der Waals surface area (Å²) < 4.78 is 5.85. The predicted octanol–water partition coefficient (Wildman–Crippen LogP) is 4.43. The van der Waals surface area contributed by atoms with E-state index < -0.39 is 0 Å². The summed E-state index contributed by atoms with van der Waals surface area (Å²) >= 11 is 0. The van der Waals surface area contributed by atoms with Crippen LogP contribution in [0.2, 0.25) is 0 Å². The van der Waals surface area contributed by atoms with Crippen LogP contribution in [0.3, 0.4) is 0 Å². The molecule has 3 rings (SSSR count). The summed E-state index contributed by atoms with van der Waals surface area (Å²) in [5.74, 6) is 2.38. The van der Waals surface area contributed by atoms with E-state index in [9.17, 15) is 0 Å². The second-order valence-electron chi connectivity index (χ2n) is 4.84. The molecular weight excluding hydrogens is 184 g/mol. The molecule has 0 aliphatic heterocycles. The SMILES string of the molecule is CC(C)c1cc2c(C3CC3)cccc2o1. The van der Waals surface area contributed by atoms with Crippen LogP contribution >= 0.6 is 0 Å². The number of hydrogen-bond acceptors (Lipinski definition) is 1. The molecule has 0 N–H and O–H groups in total. The van der Waals surface area contributed by atoms with Crippen molar-refractivity contribution < 1.29 is 4.42 Å². The van der Waals surface area contributed by atoms with Crippen LogP contribution in [0.5, 0.6) is 0 Å². The average Bonchev–Trinajstić information content (AvgIpc) is 2.95. The van der Waals surface area contributed by atoms with Crippen LogP contribution in [0.4, 0.5) is 0 Å². The third kappa shape index (κ3) is 1.46. The van der Waals surface area contributed by atoms with Gasteiger partial charge in [0.25, 0.3) is 0 Å². The van der Waals surface area contributed by atoms with E-state index >= 15 is 0 Å². The van der Waals surface area contributed by atoms with E-state index in [2.05, 4.69) is 38.1 Å². The van der Waals surface area contributed by atoms with Crippen LogP contribution in [0.1, 0.15) is 49.8 Å². The molecule has 1 heteroatoms. The highest BCUT2D eigenvalue weighted by Gasteiger charge is 2.26. The number of rotatable bonds is 2. The molecule has 0 amide bonds. The van der Waals surface area contributed by atoms with Crippen molar-refractivity contribution in [1.29, 1.82) is 0 Å². The maximum atomic E-state index is 5.85. The number of hydrogen-bond donors (Lipinski definition) is 0. The Morgan fingerprint density at radius 2 is 2.07 bits per heavy atom. The minimum absolute atomic E-state index is 0.476. The lowest BCUT2D eigenvalue weighted by atomic mass is 10.0. The van der Waals surface area contributed by atoms with E-state index in [1.165, 1.54) is 23.8 Å². The summed E-state index contributed by atoms with van der Waals surface area (Å²) in [5.41, 5.74) is 2.55. The standard InChI is InChI=1S/C14H16O/c1-9(2)14-8-12-11(10-6-7-10)4-3-5-13(12)15-14/h3-5,8-10H,6-7H2,1-2H3. The van der Waals surface area contributed by atoms with Gasteiger partial charge in [-0.15, -0.1) is 0 Å². The molecule has 0 radical (unpaired) electrons. The third-order valence-corrected chi connectivity index (χ3v) is 3.20. The fourth-order valence-corrected chi connectivity index (χ4v) is 2.14. The number of fused-ring (bicyclic) bond motifs is 1. The molecule has 0 bridgehead atoms. The summed E-state index contributed by atoms with van der Waals surface area (Å²) in [6.45, 7) is 4.35. The highest BCUT2D eigenvalue weighted by molar-refractivity contribution is 5.82. The van der Waals surface area contributed by atoms with Gasteiger partial charge in [0.05, 0.1) is 0 Å². The van der Waals surface area contributed by atoms with Crippen LogP contribution in [0.15, 0.2) is 28.7 Å². The van der Waals surface area contributed by atoms with E-state index in [1.54, 1.807) is 0 Å². The van der Waals surface area contributed by atoms with Crippen molar-refractivity contribution >= 4 is 11.0 Å². The van der Waals surface area contributed by atoms with E-state index in [-0.39, 0.29) is 0 Å². The zero-order chi connectivity index (χ0) is 10.4. The van der Waals surface area contributed by atoms with Gasteiger partial charge < -0.3 is 4.42 Å². The Labute approximate surface area is 90.1 Å². The van der Waals surface area contributed by atoms with Crippen molar-refractivity contribution in [2.75, 3.05) is 0 Å². The van der Waals surface area contributed by atoms with Crippen molar-refractivity contribution in [3.05, 3.63) is 35.6 Å². The zero-order valence-corrected chi connectivity index (χ0v) is 9.29. The van der Waals surface area contributed by atoms with Crippen molar-refractivity contribution in [3.63, 3.8) is 0 Å². The van der Waals surface area contributed by atoms with Gasteiger partial charge in [-0.1, -0.05) is 26.0 Å². The van der Waals surface area contributed by atoms with Crippen molar-refractivity contribution in [2.24, 2.45) is 0 Å². The first kappa shape index (κ1) is 9.02. The van der Waals surface area contributed by atoms with Crippen molar-refractivity contribution in [2.45, 2.75) is 38.5 Å². The molecular formula is C14H16O. The van der Waals surface area contributed by atoms with Crippen LogP contribution in [0.25, 0.3) is 11.0 Å². The smallest absolute Gasteiger partial charge is 0.134 e. The third-order valence-electron chi connectivity index (χ3n) is 3.20. The lowest BCUT2D eigenvalue weighted by Crippen LogP contribution is -1.80. The van der Waals surface area contributed by atoms with Crippen molar-refractivity contribution in [1.82, 2.24) is 0 Å². The van der Waals surface area contributed by atoms with Gasteiger partial charge in [-0.3, -0.25) is 0 Å². The van der Waals surface area contributed by atoms with E-state index in [1.807, 2.05) is 0 Å². The fourth-order valence-electron chi connectivity index (χ4n) is 2.14. The van der Waals surface area contributed by atoms with Gasteiger partial charge in [0.15, 0.2) is 0 Å². The van der Waals surface area contributed by atoms with Crippen molar-refractivity contribution in [3.8, 4) is 0 Å². The summed E-state index contributed by atoms with van der Waals surface area (Å²) in [6.07, 6.45) is 2.70. The van der Waals surface area contributed by atoms with Gasteiger partial charge in [0, 0.05) is 11.3 Å². The maximum absolute atomic E-state index is 5.85. The Hall–Kier alpha value is -1.24. The molecule has 1 aliphatic carbocycles. The van der Waals surface area contributed by atoms with Gasteiger partial charge in [-0.05, 0) is 36.5 Å². The number of benzene rings is 1. The Morgan fingerprint density at radius 1 is 1.27 bits per heavy atom. The minimum atomic E-state index is 0.476. The Bertz CT molecular complexity index is 489. The summed E-state index contributed by atoms with van der Waals surface area (Å²) in [7, 11) is 0. The van der Waals surface area contributed by atoms with E-state index in [0.717, 1.165) is 17.3 Å². The molecule has 1 aromatic heterocycles. The quantitative estimate of drug-likeness (QED) is 0.698. The molecule has 1 nitrogen and oxygen atoms in total. The van der Waals surface area contributed by atoms with Crippen LogP contribution in [-0.2, 0) is 0 Å². The molecule has 2 aromatic rings. The first-order chi connectivity index (χ1) is 7.25. The summed E-state index contributed by atoms with van der Waals surface area (Å²) in [6, 6.07) is 8.67. The summed E-state index contributed by atoms with van der Waals surface area (Å²) in [4.78, 5) is 0. The Kier molecular flexibility index (Phi) is 1.88. The van der Waals surface area contributed by atoms with E-state index in [4.69, 9.17) is 4.42 Å². The summed E-state index contributed by atoms with van der Waals surface area (Å²) in [5, 5.41) is 1.34. The predicted molar refractivity (Wildman–Crippen MR) is 62.3 cm³/mol. The average molecular weight is 200 g/mol. The molecule has 0 atom stereocenters. The molecule has 1 saturated carbocycles. The van der Waals surface area contributed by atoms with Gasteiger partial charge in [-0.25, -0.2) is 0 Å². The lowest BCUT2D eigenvalue weighted by Gasteiger charge is -1.97. The molecule has 1 fully saturated rings. The molecule has 0 spiro atoms. The normalized spacial score (nSPS) is 16.5. The second kappa shape index (κ2) is 3.13. The first-order valence-electron chi connectivity index (χ1n) is 5.78. The van der Waals surface area contributed by atoms with Gasteiger partial charge in [0.2, 0.25) is 0 Å². The minimum Gasteiger partial charge on any atom is -0.461 e. The highest BCUT2D eigenvalue weighted by Crippen LogP contribution is 2.43. The topological polar surface area (TPSA) is 13.1 Å². The lowest BCUT2D eigenvalue weighted by molar-refractivity contribution is 0.521. The highest BCUT2D eigenvalue weighted by atomic mass is 16.3. The van der Waals surface area contributed by atoms with Gasteiger partial charge in [-0.2, -0.15) is 0 Å². The number of furan rings is 1. The molecule has 1 aromatic carbocycles. The van der Waals surface area contributed by atoms with E-state index in [0.29, 0.717) is 5.92 Å². The molecule has 0 saturated heterocycles. The first-order valence-corrected chi connectivity index (χ1v) is 5.78. The van der Waals surface area contributed by atoms with Crippen LogP contribution in [-0.4, -0.2) is 0 Å². The fraction of sp³-hybridized carbons (Fsp3) is 0.429. The largest absolute Gasteiger partial charge is 0.461 e. The van der Waals surface area contributed by atoms with Crippen LogP contribution in [0, 0.1) is 0 Å². The monoisotopic (exact) mass is 200 g/mol. The van der Waals surface area contributed by atoms with Gasteiger partial charge in [0.1, 0.15) is 11.3 Å². The molecule has 1 aliphatic rings. The molecule has 0 unspecified atom stereocenters. The molecule has 78 valence electrons. The molecule has 15 heavy (non-hydrogen) atoms. The Morgan fingerprint density at radius 3 is 2.73 bits per heavy atom. The van der Waals surface area contributed by atoms with Crippen LogP contribution < -0.4 is 0 Å².